The van der Waals surface area contributed by atoms with Gasteiger partial charge in [0, 0.05) is 5.92 Å². The first-order chi connectivity index (χ1) is 5.59. The molecule has 0 aromatic heterocycles. The van der Waals surface area contributed by atoms with E-state index in [4.69, 9.17) is 0 Å². The number of hydrogen-bond acceptors (Lipinski definition) is 1. The highest BCUT2D eigenvalue weighted by Crippen LogP contribution is 2.18. The van der Waals surface area contributed by atoms with Crippen LogP contribution in [0.4, 0.5) is 0 Å². The summed E-state index contributed by atoms with van der Waals surface area (Å²) >= 11 is 0. The molecular weight excluding hydrogens is 148 g/mol. The second kappa shape index (κ2) is 5.99. The highest BCUT2D eigenvalue weighted by atomic mass is 16.1. The quantitative estimate of drug-likeness (QED) is 0.439. The number of rotatable bonds is 6. The SMILES string of the molecule is C=CCCCC(C(C)=O)C(C)C. The minimum atomic E-state index is 0.255. The highest BCUT2D eigenvalue weighted by molar-refractivity contribution is 5.78. The fraction of sp³-hybridized carbons (Fsp3) is 0.727. The van der Waals surface area contributed by atoms with Gasteiger partial charge in [0.05, 0.1) is 0 Å². The van der Waals surface area contributed by atoms with Gasteiger partial charge in [-0.3, -0.25) is 4.79 Å². The second-order valence-electron chi connectivity index (χ2n) is 3.68. The van der Waals surface area contributed by atoms with E-state index in [1.54, 1.807) is 6.92 Å². The summed E-state index contributed by atoms with van der Waals surface area (Å²) in [7, 11) is 0. The molecule has 0 aliphatic rings. The first kappa shape index (κ1) is 11.4. The van der Waals surface area contributed by atoms with E-state index in [1.165, 1.54) is 0 Å². The summed E-state index contributed by atoms with van der Waals surface area (Å²) in [6.45, 7) is 9.58. The Morgan fingerprint density at radius 3 is 2.42 bits per heavy atom. The van der Waals surface area contributed by atoms with E-state index in [-0.39, 0.29) is 5.92 Å². The van der Waals surface area contributed by atoms with Gasteiger partial charge < -0.3 is 0 Å². The van der Waals surface area contributed by atoms with Crippen molar-refractivity contribution in [3.63, 3.8) is 0 Å². The summed E-state index contributed by atoms with van der Waals surface area (Å²) in [5.74, 6) is 1.06. The van der Waals surface area contributed by atoms with Gasteiger partial charge in [-0.05, 0) is 32.1 Å². The number of Topliss-reactive ketones (excluding diaryl/α,β-unsaturated/α-hetero) is 1. The van der Waals surface area contributed by atoms with Gasteiger partial charge in [-0.15, -0.1) is 6.58 Å². The van der Waals surface area contributed by atoms with Crippen molar-refractivity contribution in [2.45, 2.75) is 40.0 Å². The standard InChI is InChI=1S/C11H20O/c1-5-6-7-8-11(9(2)3)10(4)12/h5,9,11H,1,6-8H2,2-4H3. The van der Waals surface area contributed by atoms with Crippen LogP contribution < -0.4 is 0 Å². The zero-order valence-electron chi connectivity index (χ0n) is 8.47. The third-order valence-electron chi connectivity index (χ3n) is 2.25. The molecule has 12 heavy (non-hydrogen) atoms. The number of unbranched alkanes of at least 4 members (excludes halogenated alkanes) is 1. The van der Waals surface area contributed by atoms with Crippen molar-refractivity contribution >= 4 is 5.78 Å². The second-order valence-corrected chi connectivity index (χ2v) is 3.68. The molecule has 0 N–H and O–H groups in total. The van der Waals surface area contributed by atoms with Crippen molar-refractivity contribution in [1.29, 1.82) is 0 Å². The number of carbonyl (C=O) groups is 1. The van der Waals surface area contributed by atoms with E-state index >= 15 is 0 Å². The van der Waals surface area contributed by atoms with Crippen molar-refractivity contribution in [1.82, 2.24) is 0 Å². The van der Waals surface area contributed by atoms with E-state index < -0.39 is 0 Å². The molecule has 1 nitrogen and oxygen atoms in total. The Bertz CT molecular complexity index is 147. The van der Waals surface area contributed by atoms with Crippen LogP contribution in [-0.2, 0) is 4.79 Å². The number of allylic oxidation sites excluding steroid dienone is 1. The zero-order chi connectivity index (χ0) is 9.56. The lowest BCUT2D eigenvalue weighted by molar-refractivity contribution is -0.122. The maximum absolute atomic E-state index is 11.2. The Morgan fingerprint density at radius 1 is 1.50 bits per heavy atom. The smallest absolute Gasteiger partial charge is 0.133 e. The van der Waals surface area contributed by atoms with Gasteiger partial charge >= 0.3 is 0 Å². The molecule has 1 atom stereocenters. The van der Waals surface area contributed by atoms with Crippen LogP contribution in [0.2, 0.25) is 0 Å². The Morgan fingerprint density at radius 2 is 2.08 bits per heavy atom. The first-order valence-corrected chi connectivity index (χ1v) is 4.71. The minimum Gasteiger partial charge on any atom is -0.300 e. The van der Waals surface area contributed by atoms with E-state index in [2.05, 4.69) is 20.4 Å². The maximum Gasteiger partial charge on any atom is 0.133 e. The summed E-state index contributed by atoms with van der Waals surface area (Å²) in [6.07, 6.45) is 5.04. The molecule has 0 aromatic rings. The van der Waals surface area contributed by atoms with Gasteiger partial charge in [0.15, 0.2) is 0 Å². The van der Waals surface area contributed by atoms with Gasteiger partial charge in [-0.1, -0.05) is 19.9 Å². The fourth-order valence-corrected chi connectivity index (χ4v) is 1.49. The van der Waals surface area contributed by atoms with Crippen molar-refractivity contribution < 1.29 is 4.79 Å². The van der Waals surface area contributed by atoms with Crippen molar-refractivity contribution in [3.05, 3.63) is 12.7 Å². The molecule has 0 amide bonds. The van der Waals surface area contributed by atoms with E-state index in [9.17, 15) is 4.79 Å². The predicted octanol–water partition coefficient (Wildman–Crippen LogP) is 3.20. The highest BCUT2D eigenvalue weighted by Gasteiger charge is 2.16. The molecule has 0 bridgehead atoms. The van der Waals surface area contributed by atoms with Crippen LogP contribution in [0.1, 0.15) is 40.0 Å². The summed E-state index contributed by atoms with van der Waals surface area (Å²) < 4.78 is 0. The van der Waals surface area contributed by atoms with Crippen LogP contribution in [-0.4, -0.2) is 5.78 Å². The summed E-state index contributed by atoms with van der Waals surface area (Å²) in [5.41, 5.74) is 0. The third-order valence-corrected chi connectivity index (χ3v) is 2.25. The lowest BCUT2D eigenvalue weighted by Crippen LogP contribution is -2.17. The molecule has 0 fully saturated rings. The maximum atomic E-state index is 11.2. The van der Waals surface area contributed by atoms with Gasteiger partial charge in [0.1, 0.15) is 5.78 Å². The third kappa shape index (κ3) is 4.32. The van der Waals surface area contributed by atoms with Crippen LogP contribution in [0.25, 0.3) is 0 Å². The molecule has 1 heteroatoms. The molecule has 0 saturated carbocycles. The van der Waals surface area contributed by atoms with Gasteiger partial charge in [-0.2, -0.15) is 0 Å². The summed E-state index contributed by atoms with van der Waals surface area (Å²) in [4.78, 5) is 11.2. The molecule has 0 spiro atoms. The van der Waals surface area contributed by atoms with Crippen molar-refractivity contribution in [2.24, 2.45) is 11.8 Å². The van der Waals surface area contributed by atoms with E-state index in [0.29, 0.717) is 11.7 Å². The normalized spacial score (nSPS) is 13.0. The summed E-state index contributed by atoms with van der Waals surface area (Å²) in [6, 6.07) is 0. The molecular formula is C11H20O. The topological polar surface area (TPSA) is 17.1 Å². The molecule has 70 valence electrons. The Kier molecular flexibility index (Phi) is 5.69. The van der Waals surface area contributed by atoms with Crippen LogP contribution in [0.3, 0.4) is 0 Å². The van der Waals surface area contributed by atoms with Crippen LogP contribution >= 0.6 is 0 Å². The lowest BCUT2D eigenvalue weighted by atomic mass is 9.87. The molecule has 0 heterocycles. The number of ketones is 1. The lowest BCUT2D eigenvalue weighted by Gasteiger charge is -2.16. The van der Waals surface area contributed by atoms with Crippen molar-refractivity contribution in [3.8, 4) is 0 Å². The molecule has 0 aliphatic carbocycles. The average Bonchev–Trinajstić information content (AvgIpc) is 1.96. The van der Waals surface area contributed by atoms with Crippen LogP contribution in [0, 0.1) is 11.8 Å². The zero-order valence-corrected chi connectivity index (χ0v) is 8.47. The molecule has 0 aliphatic heterocycles. The molecule has 0 saturated heterocycles. The molecule has 0 aromatic carbocycles. The largest absolute Gasteiger partial charge is 0.300 e. The molecule has 0 radical (unpaired) electrons. The van der Waals surface area contributed by atoms with Crippen molar-refractivity contribution in [2.75, 3.05) is 0 Å². The first-order valence-electron chi connectivity index (χ1n) is 4.71. The minimum absolute atomic E-state index is 0.255. The van der Waals surface area contributed by atoms with E-state index in [0.717, 1.165) is 19.3 Å². The van der Waals surface area contributed by atoms with Crippen LogP contribution in [0.5, 0.6) is 0 Å². The van der Waals surface area contributed by atoms with Gasteiger partial charge in [-0.25, -0.2) is 0 Å². The van der Waals surface area contributed by atoms with Gasteiger partial charge in [0.25, 0.3) is 0 Å². The summed E-state index contributed by atoms with van der Waals surface area (Å²) in [5, 5.41) is 0. The van der Waals surface area contributed by atoms with Crippen LogP contribution in [0.15, 0.2) is 12.7 Å². The van der Waals surface area contributed by atoms with E-state index in [1.807, 2.05) is 6.08 Å². The monoisotopic (exact) mass is 168 g/mol. The Balaban J connectivity index is 3.79. The fourth-order valence-electron chi connectivity index (χ4n) is 1.49. The molecule has 0 rings (SSSR count). The number of carbonyl (C=O) groups excluding carboxylic acids is 1. The average molecular weight is 168 g/mol. The number of hydrogen-bond donors (Lipinski definition) is 0. The van der Waals surface area contributed by atoms with Gasteiger partial charge in [0.2, 0.25) is 0 Å². The Hall–Kier alpha value is -0.590. The molecule has 1 unspecified atom stereocenters. The Labute approximate surface area is 75.9 Å². The predicted molar refractivity (Wildman–Crippen MR) is 53.1 cm³/mol.